The average Bonchev–Trinajstić information content (AvgIpc) is 2.94. The van der Waals surface area contributed by atoms with Gasteiger partial charge >= 0.3 is 6.18 Å². The summed E-state index contributed by atoms with van der Waals surface area (Å²) in [7, 11) is -3.44. The molecule has 0 bridgehead atoms. The minimum absolute atomic E-state index is 0.0542. The highest BCUT2D eigenvalue weighted by atomic mass is 32.2. The van der Waals surface area contributed by atoms with Crippen molar-refractivity contribution in [2.75, 3.05) is 23.8 Å². The number of nitrogens with zero attached hydrogens (tertiary/aromatic N) is 4. The molecular formula is C26H28F3N5O4S. The van der Waals surface area contributed by atoms with Crippen LogP contribution in [0.25, 0.3) is 0 Å². The van der Waals surface area contributed by atoms with Crippen LogP contribution < -0.4 is 10.2 Å². The summed E-state index contributed by atoms with van der Waals surface area (Å²) in [6.07, 6.45) is -1.05. The van der Waals surface area contributed by atoms with Crippen molar-refractivity contribution in [3.63, 3.8) is 0 Å². The molecule has 1 aromatic carbocycles. The summed E-state index contributed by atoms with van der Waals surface area (Å²) < 4.78 is 62.8. The van der Waals surface area contributed by atoms with Crippen LogP contribution in [0, 0.1) is 0 Å². The molecule has 208 valence electrons. The summed E-state index contributed by atoms with van der Waals surface area (Å²) in [6.45, 7) is 3.89. The Morgan fingerprint density at radius 2 is 1.85 bits per heavy atom. The number of hydrogen-bond donors (Lipinski definition) is 2. The molecule has 3 aromatic rings. The third-order valence-electron chi connectivity index (χ3n) is 6.73. The van der Waals surface area contributed by atoms with E-state index in [1.807, 2.05) is 13.0 Å². The second kappa shape index (κ2) is 11.3. The highest BCUT2D eigenvalue weighted by molar-refractivity contribution is 7.91. The molecule has 0 fully saturated rings. The minimum Gasteiger partial charge on any atom is -0.394 e. The maximum Gasteiger partial charge on any atom is 0.419 e. The van der Waals surface area contributed by atoms with Crippen molar-refractivity contribution in [3.8, 4) is 0 Å². The number of sulfone groups is 1. The van der Waals surface area contributed by atoms with E-state index in [0.29, 0.717) is 24.3 Å². The number of amides is 1. The zero-order valence-electron chi connectivity index (χ0n) is 21.3. The average molecular weight is 564 g/mol. The molecule has 9 nitrogen and oxygen atoms in total. The Kier molecular flexibility index (Phi) is 8.21. The van der Waals surface area contributed by atoms with E-state index in [4.69, 9.17) is 0 Å². The van der Waals surface area contributed by atoms with Gasteiger partial charge < -0.3 is 15.3 Å². The van der Waals surface area contributed by atoms with Crippen molar-refractivity contribution in [2.45, 2.75) is 49.8 Å². The molecule has 2 atom stereocenters. The molecule has 3 heterocycles. The summed E-state index contributed by atoms with van der Waals surface area (Å²) in [5.41, 5.74) is 1.55. The van der Waals surface area contributed by atoms with Gasteiger partial charge in [0.25, 0.3) is 5.91 Å². The lowest BCUT2D eigenvalue weighted by molar-refractivity contribution is -0.138. The molecule has 0 saturated heterocycles. The van der Waals surface area contributed by atoms with Crippen LogP contribution in [-0.2, 0) is 22.6 Å². The lowest BCUT2D eigenvalue weighted by Gasteiger charge is -2.34. The van der Waals surface area contributed by atoms with Crippen molar-refractivity contribution >= 4 is 21.7 Å². The van der Waals surface area contributed by atoms with Gasteiger partial charge in [0.15, 0.2) is 9.84 Å². The molecule has 1 amide bonds. The van der Waals surface area contributed by atoms with Crippen molar-refractivity contribution in [1.29, 1.82) is 0 Å². The predicted molar refractivity (Wildman–Crippen MR) is 137 cm³/mol. The highest BCUT2D eigenvalue weighted by Gasteiger charge is 2.32. The van der Waals surface area contributed by atoms with Crippen LogP contribution in [0.5, 0.6) is 0 Å². The summed E-state index contributed by atoms with van der Waals surface area (Å²) in [4.78, 5) is 26.9. The first-order chi connectivity index (χ1) is 18.5. The van der Waals surface area contributed by atoms with Crippen LogP contribution in [0.1, 0.15) is 65.0 Å². The summed E-state index contributed by atoms with van der Waals surface area (Å²) >= 11 is 0. The van der Waals surface area contributed by atoms with Crippen molar-refractivity contribution < 1.29 is 31.5 Å². The number of benzene rings is 1. The number of pyridine rings is 1. The van der Waals surface area contributed by atoms with Gasteiger partial charge in [0, 0.05) is 43.2 Å². The smallest absolute Gasteiger partial charge is 0.394 e. The molecule has 2 N–H and O–H groups in total. The Bertz CT molecular complexity index is 1430. The van der Waals surface area contributed by atoms with E-state index in [9.17, 15) is 31.5 Å². The van der Waals surface area contributed by atoms with Gasteiger partial charge in [0.05, 0.1) is 34.6 Å². The third-order valence-corrected chi connectivity index (χ3v) is 8.45. The SMILES string of the molecule is CC[C@H]1CN(c2ncc(C(F)(F)F)cn2)Cc2cc(C(=O)NC(CO)c3ccc(S(=O)(=O)CC)cn3)ccc21. The molecule has 1 aliphatic heterocycles. The Morgan fingerprint density at radius 1 is 1.13 bits per heavy atom. The molecule has 2 aromatic heterocycles. The van der Waals surface area contributed by atoms with Gasteiger partial charge in [-0.1, -0.05) is 19.9 Å². The molecule has 0 aliphatic carbocycles. The summed E-state index contributed by atoms with van der Waals surface area (Å²) in [6, 6.07) is 7.22. The number of carbonyl (C=O) groups excluding carboxylic acids is 1. The van der Waals surface area contributed by atoms with Crippen LogP contribution in [0.3, 0.4) is 0 Å². The van der Waals surface area contributed by atoms with Crippen LogP contribution in [0.15, 0.2) is 53.8 Å². The van der Waals surface area contributed by atoms with Gasteiger partial charge in [-0.25, -0.2) is 18.4 Å². The number of rotatable bonds is 8. The monoisotopic (exact) mass is 563 g/mol. The van der Waals surface area contributed by atoms with E-state index in [2.05, 4.69) is 20.3 Å². The Balaban J connectivity index is 1.54. The molecule has 13 heteroatoms. The Morgan fingerprint density at radius 3 is 2.41 bits per heavy atom. The zero-order chi connectivity index (χ0) is 28.4. The fraction of sp³-hybridized carbons (Fsp3) is 0.385. The predicted octanol–water partition coefficient (Wildman–Crippen LogP) is 3.66. The van der Waals surface area contributed by atoms with Gasteiger partial charge in [-0.05, 0) is 41.8 Å². The molecule has 39 heavy (non-hydrogen) atoms. The second-order valence-electron chi connectivity index (χ2n) is 9.20. The first kappa shape index (κ1) is 28.4. The number of halogens is 3. The normalized spacial score (nSPS) is 16.5. The number of carbonyl (C=O) groups is 1. The number of aliphatic hydroxyl groups excluding tert-OH is 1. The van der Waals surface area contributed by atoms with Crippen molar-refractivity contribution in [1.82, 2.24) is 20.3 Å². The quantitative estimate of drug-likeness (QED) is 0.426. The van der Waals surface area contributed by atoms with Gasteiger partial charge in [-0.3, -0.25) is 9.78 Å². The van der Waals surface area contributed by atoms with Crippen molar-refractivity contribution in [2.24, 2.45) is 0 Å². The molecule has 0 spiro atoms. The largest absolute Gasteiger partial charge is 0.419 e. The number of aliphatic hydroxyl groups is 1. The van der Waals surface area contributed by atoms with Gasteiger partial charge in [0.2, 0.25) is 5.95 Å². The second-order valence-corrected chi connectivity index (χ2v) is 11.5. The van der Waals surface area contributed by atoms with Crippen LogP contribution >= 0.6 is 0 Å². The van der Waals surface area contributed by atoms with Crippen LogP contribution in [0.2, 0.25) is 0 Å². The van der Waals surface area contributed by atoms with E-state index >= 15 is 0 Å². The topological polar surface area (TPSA) is 125 Å². The first-order valence-corrected chi connectivity index (χ1v) is 14.0. The maximum absolute atomic E-state index is 13.1. The molecular weight excluding hydrogens is 535 g/mol. The first-order valence-electron chi connectivity index (χ1n) is 12.3. The number of nitrogens with one attached hydrogen (secondary N) is 1. The van der Waals surface area contributed by atoms with Crippen LogP contribution in [-0.4, -0.2) is 53.3 Å². The maximum atomic E-state index is 13.1. The van der Waals surface area contributed by atoms with Crippen LogP contribution in [0.4, 0.5) is 19.1 Å². The van der Waals surface area contributed by atoms with Gasteiger partial charge in [-0.15, -0.1) is 0 Å². The number of hydrogen-bond acceptors (Lipinski definition) is 8. The lowest BCUT2D eigenvalue weighted by Crippen LogP contribution is -2.35. The van der Waals surface area contributed by atoms with Gasteiger partial charge in [-0.2, -0.15) is 13.2 Å². The van der Waals surface area contributed by atoms with E-state index < -0.39 is 40.1 Å². The third kappa shape index (κ3) is 6.19. The Labute approximate surface area is 224 Å². The lowest BCUT2D eigenvalue weighted by atomic mass is 9.87. The number of aromatic nitrogens is 3. The standard InChI is InChI=1S/C26H28F3N5O4S/c1-3-16-13-34(25-31-10-19(11-32-25)26(27,28)29)14-18-9-17(5-7-21(16)18)24(36)33-23(15-35)22-8-6-20(12-30-22)39(37,38)4-2/h5-12,16,23,35H,3-4,13-15H2,1-2H3,(H,33,36)/t16-,23?/m0/s1. The van der Waals surface area contributed by atoms with E-state index in [1.54, 1.807) is 17.0 Å². The number of anilines is 1. The molecule has 1 unspecified atom stereocenters. The molecule has 1 aliphatic rings. The van der Waals surface area contributed by atoms with E-state index in [0.717, 1.165) is 29.9 Å². The zero-order valence-corrected chi connectivity index (χ0v) is 22.1. The fourth-order valence-corrected chi connectivity index (χ4v) is 5.27. The summed E-state index contributed by atoms with van der Waals surface area (Å²) in [5.74, 6) is -0.320. The molecule has 0 saturated carbocycles. The number of alkyl halides is 3. The number of fused-ring (bicyclic) bond motifs is 1. The van der Waals surface area contributed by atoms with E-state index in [-0.39, 0.29) is 22.5 Å². The van der Waals surface area contributed by atoms with E-state index in [1.165, 1.54) is 25.3 Å². The molecule has 0 radical (unpaired) electrons. The molecule has 4 rings (SSSR count). The fourth-order valence-electron chi connectivity index (χ4n) is 4.45. The Hall–Kier alpha value is -3.58. The van der Waals surface area contributed by atoms with Crippen molar-refractivity contribution in [3.05, 3.63) is 76.9 Å². The highest BCUT2D eigenvalue weighted by Crippen LogP contribution is 2.34. The minimum atomic E-state index is -4.53. The summed E-state index contributed by atoms with van der Waals surface area (Å²) in [5, 5.41) is 12.6. The van der Waals surface area contributed by atoms with Gasteiger partial charge in [0.1, 0.15) is 0 Å².